The minimum Gasteiger partial charge on any atom is -0.410 e. The highest BCUT2D eigenvalue weighted by Crippen LogP contribution is 2.51. The monoisotopic (exact) mass is 202 g/mol. The Balaban J connectivity index is 3.21. The van der Waals surface area contributed by atoms with Crippen molar-refractivity contribution in [3.05, 3.63) is 0 Å². The van der Waals surface area contributed by atoms with E-state index in [9.17, 15) is 4.79 Å². The van der Waals surface area contributed by atoms with Crippen molar-refractivity contribution in [3.63, 3.8) is 0 Å². The van der Waals surface area contributed by atoms with Crippen LogP contribution in [0.15, 0.2) is 5.16 Å². The summed E-state index contributed by atoms with van der Waals surface area (Å²) in [5, 5.41) is 12.3. The Morgan fingerprint density at radius 1 is 1.62 bits per heavy atom. The highest BCUT2D eigenvalue weighted by molar-refractivity contribution is 8.14. The standard InChI is InChI=1S/C8H14N2O2S/c1-7(2)4-13-6(10-12)8(7,3)5(9)11/h12H,4H2,1-3H3,(H2,9,11). The molecular formula is C8H14N2O2S. The van der Waals surface area contributed by atoms with Gasteiger partial charge in [0, 0.05) is 5.75 Å². The molecular weight excluding hydrogens is 188 g/mol. The Morgan fingerprint density at radius 3 is 2.46 bits per heavy atom. The summed E-state index contributed by atoms with van der Waals surface area (Å²) in [7, 11) is 0. The molecule has 1 heterocycles. The van der Waals surface area contributed by atoms with Crippen molar-refractivity contribution in [2.45, 2.75) is 20.8 Å². The Hall–Kier alpha value is -0.710. The Kier molecular flexibility index (Phi) is 2.32. The summed E-state index contributed by atoms with van der Waals surface area (Å²) in [5.41, 5.74) is 4.23. The number of nitrogens with two attached hydrogens (primary N) is 1. The van der Waals surface area contributed by atoms with Crippen molar-refractivity contribution in [1.29, 1.82) is 0 Å². The third-order valence-electron chi connectivity index (χ3n) is 2.93. The molecule has 1 rings (SSSR count). The second-order valence-electron chi connectivity index (χ2n) is 4.07. The van der Waals surface area contributed by atoms with Crippen LogP contribution in [0.25, 0.3) is 0 Å². The molecule has 0 saturated carbocycles. The summed E-state index contributed by atoms with van der Waals surface area (Å²) < 4.78 is 0. The number of primary amides is 1. The van der Waals surface area contributed by atoms with Crippen molar-refractivity contribution in [1.82, 2.24) is 0 Å². The zero-order chi connectivity index (χ0) is 10.3. The van der Waals surface area contributed by atoms with E-state index in [-0.39, 0.29) is 5.41 Å². The molecule has 3 N–H and O–H groups in total. The van der Waals surface area contributed by atoms with E-state index in [0.717, 1.165) is 5.75 Å². The number of rotatable bonds is 1. The lowest BCUT2D eigenvalue weighted by atomic mass is 9.68. The average molecular weight is 202 g/mol. The van der Waals surface area contributed by atoms with Crippen LogP contribution in [0.1, 0.15) is 20.8 Å². The van der Waals surface area contributed by atoms with Gasteiger partial charge in [0.05, 0.1) is 0 Å². The second kappa shape index (κ2) is 2.90. The van der Waals surface area contributed by atoms with E-state index in [0.29, 0.717) is 5.04 Å². The zero-order valence-corrected chi connectivity index (χ0v) is 8.81. The molecule has 1 aliphatic heterocycles. The molecule has 0 aromatic rings. The minimum atomic E-state index is -0.841. The summed E-state index contributed by atoms with van der Waals surface area (Å²) in [6.07, 6.45) is 0. The molecule has 1 atom stereocenters. The lowest BCUT2D eigenvalue weighted by Gasteiger charge is -2.33. The van der Waals surface area contributed by atoms with Gasteiger partial charge in [0.2, 0.25) is 5.91 Å². The molecule has 1 aliphatic rings. The van der Waals surface area contributed by atoms with E-state index in [1.165, 1.54) is 11.8 Å². The highest BCUT2D eigenvalue weighted by atomic mass is 32.2. The molecule has 0 bridgehead atoms. The van der Waals surface area contributed by atoms with Crippen molar-refractivity contribution in [2.24, 2.45) is 21.7 Å². The minimum absolute atomic E-state index is 0.259. The topological polar surface area (TPSA) is 75.7 Å². The van der Waals surface area contributed by atoms with Crippen LogP contribution in [0, 0.1) is 10.8 Å². The molecule has 1 amide bonds. The van der Waals surface area contributed by atoms with Gasteiger partial charge in [-0.25, -0.2) is 0 Å². The number of nitrogens with zero attached hydrogens (tertiary/aromatic N) is 1. The highest BCUT2D eigenvalue weighted by Gasteiger charge is 2.55. The maximum absolute atomic E-state index is 11.3. The fraction of sp³-hybridized carbons (Fsp3) is 0.750. The maximum atomic E-state index is 11.3. The number of hydrogen-bond donors (Lipinski definition) is 2. The number of amides is 1. The quantitative estimate of drug-likeness (QED) is 0.492. The van der Waals surface area contributed by atoms with Gasteiger partial charge in [0.1, 0.15) is 10.5 Å². The Morgan fingerprint density at radius 2 is 2.15 bits per heavy atom. The molecule has 1 unspecified atom stereocenters. The molecule has 0 spiro atoms. The number of thioether (sulfide) groups is 1. The molecule has 74 valence electrons. The van der Waals surface area contributed by atoms with Crippen LogP contribution in [0.4, 0.5) is 0 Å². The first-order valence-corrected chi connectivity index (χ1v) is 5.00. The molecule has 0 radical (unpaired) electrons. The second-order valence-corrected chi connectivity index (χ2v) is 5.03. The molecule has 13 heavy (non-hydrogen) atoms. The van der Waals surface area contributed by atoms with Gasteiger partial charge in [0.25, 0.3) is 0 Å². The summed E-state index contributed by atoms with van der Waals surface area (Å²) in [6, 6.07) is 0. The number of hydrogen-bond acceptors (Lipinski definition) is 4. The first kappa shape index (κ1) is 10.4. The Bertz CT molecular complexity index is 275. The van der Waals surface area contributed by atoms with E-state index in [2.05, 4.69) is 5.16 Å². The van der Waals surface area contributed by atoms with E-state index < -0.39 is 11.3 Å². The molecule has 0 aromatic carbocycles. The van der Waals surface area contributed by atoms with Gasteiger partial charge in [0.15, 0.2) is 0 Å². The average Bonchev–Trinajstić information content (AvgIpc) is 2.25. The van der Waals surface area contributed by atoms with Crippen molar-refractivity contribution in [3.8, 4) is 0 Å². The largest absolute Gasteiger partial charge is 0.410 e. The number of carbonyl (C=O) groups is 1. The zero-order valence-electron chi connectivity index (χ0n) is 8.00. The van der Waals surface area contributed by atoms with Crippen LogP contribution in [0.2, 0.25) is 0 Å². The van der Waals surface area contributed by atoms with Crippen LogP contribution in [-0.2, 0) is 4.79 Å². The van der Waals surface area contributed by atoms with Crippen molar-refractivity contribution < 1.29 is 10.0 Å². The number of carbonyl (C=O) groups excluding carboxylic acids is 1. The molecule has 0 aliphatic carbocycles. The van der Waals surface area contributed by atoms with E-state index in [4.69, 9.17) is 10.9 Å². The van der Waals surface area contributed by atoms with Gasteiger partial charge in [-0.2, -0.15) is 0 Å². The van der Waals surface area contributed by atoms with Crippen molar-refractivity contribution in [2.75, 3.05) is 5.75 Å². The van der Waals surface area contributed by atoms with Crippen LogP contribution in [0.3, 0.4) is 0 Å². The number of oxime groups is 1. The fourth-order valence-corrected chi connectivity index (χ4v) is 2.90. The molecule has 4 nitrogen and oxygen atoms in total. The van der Waals surface area contributed by atoms with Gasteiger partial charge >= 0.3 is 0 Å². The van der Waals surface area contributed by atoms with Crippen molar-refractivity contribution >= 4 is 22.7 Å². The lowest BCUT2D eigenvalue weighted by molar-refractivity contribution is -0.127. The third-order valence-corrected chi connectivity index (χ3v) is 4.56. The van der Waals surface area contributed by atoms with Crippen LogP contribution < -0.4 is 5.73 Å². The molecule has 1 saturated heterocycles. The predicted molar refractivity (Wildman–Crippen MR) is 52.8 cm³/mol. The smallest absolute Gasteiger partial charge is 0.230 e. The fourth-order valence-electron chi connectivity index (χ4n) is 1.39. The van der Waals surface area contributed by atoms with Gasteiger partial charge in [-0.05, 0) is 12.3 Å². The first-order chi connectivity index (χ1) is 5.86. The summed E-state index contributed by atoms with van der Waals surface area (Å²) in [4.78, 5) is 11.3. The first-order valence-electron chi connectivity index (χ1n) is 4.01. The van der Waals surface area contributed by atoms with E-state index >= 15 is 0 Å². The normalized spacial score (nSPS) is 35.2. The third kappa shape index (κ3) is 1.22. The van der Waals surface area contributed by atoms with Gasteiger partial charge in [-0.3, -0.25) is 4.79 Å². The Labute approximate surface area is 81.6 Å². The van der Waals surface area contributed by atoms with E-state index in [1.807, 2.05) is 13.8 Å². The van der Waals surface area contributed by atoms with Crippen LogP contribution in [-0.4, -0.2) is 21.9 Å². The van der Waals surface area contributed by atoms with Gasteiger partial charge in [-0.15, -0.1) is 11.8 Å². The van der Waals surface area contributed by atoms with E-state index in [1.54, 1.807) is 6.92 Å². The molecule has 1 fully saturated rings. The summed E-state index contributed by atoms with van der Waals surface area (Å²) in [6.45, 7) is 5.62. The SMILES string of the molecule is CC1(C)CSC(=NO)C1(C)C(N)=O. The van der Waals surface area contributed by atoms with Gasteiger partial charge in [-0.1, -0.05) is 19.0 Å². The van der Waals surface area contributed by atoms with Crippen LogP contribution in [0.5, 0.6) is 0 Å². The maximum Gasteiger partial charge on any atom is 0.230 e. The summed E-state index contributed by atoms with van der Waals surface area (Å²) in [5.74, 6) is 0.307. The summed E-state index contributed by atoms with van der Waals surface area (Å²) >= 11 is 1.38. The molecule has 5 heteroatoms. The van der Waals surface area contributed by atoms with Crippen LogP contribution >= 0.6 is 11.8 Å². The van der Waals surface area contributed by atoms with Gasteiger partial charge < -0.3 is 10.9 Å². The lowest BCUT2D eigenvalue weighted by Crippen LogP contribution is -2.47. The molecule has 0 aromatic heterocycles. The predicted octanol–water partition coefficient (Wildman–Crippen LogP) is 1.04.